The number of carbonyl (C=O) groups is 3. The molecule has 3 amide bonds. The average molecular weight is 486 g/mol. The quantitative estimate of drug-likeness (QED) is 0.491. The van der Waals surface area contributed by atoms with Crippen LogP contribution in [0.4, 0.5) is 24.7 Å². The minimum absolute atomic E-state index is 0.120. The molecule has 0 aliphatic carbocycles. The molecule has 1 atom stereocenters. The van der Waals surface area contributed by atoms with E-state index in [0.29, 0.717) is 40.3 Å². The van der Waals surface area contributed by atoms with Crippen LogP contribution in [0.1, 0.15) is 28.8 Å². The van der Waals surface area contributed by atoms with E-state index in [2.05, 4.69) is 20.6 Å². The lowest BCUT2D eigenvalue weighted by molar-refractivity contribution is -0.186. The first-order chi connectivity index (χ1) is 16.6. The summed E-state index contributed by atoms with van der Waals surface area (Å²) in [5.41, 5.74) is 7.21. The van der Waals surface area contributed by atoms with Crippen LogP contribution >= 0.6 is 0 Å². The third-order valence-electron chi connectivity index (χ3n) is 5.64. The van der Waals surface area contributed by atoms with E-state index in [1.165, 1.54) is 6.33 Å². The summed E-state index contributed by atoms with van der Waals surface area (Å²) in [6, 6.07) is 10.5. The van der Waals surface area contributed by atoms with Gasteiger partial charge in [0.05, 0.1) is 11.1 Å². The Morgan fingerprint density at radius 2 is 1.89 bits per heavy atom. The van der Waals surface area contributed by atoms with Crippen molar-refractivity contribution in [2.24, 2.45) is 5.73 Å². The number of primary amides is 1. The number of fused-ring (bicyclic) bond motifs is 1. The third-order valence-corrected chi connectivity index (χ3v) is 5.64. The molecule has 1 unspecified atom stereocenters. The van der Waals surface area contributed by atoms with E-state index >= 15 is 0 Å². The topological polar surface area (TPSA) is 130 Å². The fraction of sp³-hybridized carbons (Fsp3) is 0.261. The highest BCUT2D eigenvalue weighted by Crippen LogP contribution is 2.27. The van der Waals surface area contributed by atoms with Crippen molar-refractivity contribution in [3.05, 3.63) is 59.9 Å². The monoisotopic (exact) mass is 486 g/mol. The van der Waals surface area contributed by atoms with Crippen molar-refractivity contribution in [3.63, 3.8) is 0 Å². The maximum absolute atomic E-state index is 12.8. The van der Waals surface area contributed by atoms with E-state index in [0.717, 1.165) is 5.56 Å². The second kappa shape index (κ2) is 9.57. The third kappa shape index (κ3) is 5.15. The van der Waals surface area contributed by atoms with Gasteiger partial charge in [-0.15, -0.1) is 0 Å². The molecule has 1 aromatic heterocycles. The molecule has 2 aromatic carbocycles. The predicted molar refractivity (Wildman–Crippen MR) is 121 cm³/mol. The number of hydrogen-bond donors (Lipinski definition) is 3. The average Bonchev–Trinajstić information content (AvgIpc) is 3.31. The van der Waals surface area contributed by atoms with Crippen LogP contribution in [0.25, 0.3) is 10.9 Å². The molecule has 1 fully saturated rings. The van der Waals surface area contributed by atoms with Crippen molar-refractivity contribution < 1.29 is 27.6 Å². The molecule has 4 rings (SSSR count). The van der Waals surface area contributed by atoms with Gasteiger partial charge in [0.2, 0.25) is 5.91 Å². The summed E-state index contributed by atoms with van der Waals surface area (Å²) in [5.74, 6) is -2.82. The van der Waals surface area contributed by atoms with Gasteiger partial charge >= 0.3 is 12.1 Å². The molecule has 0 radical (unpaired) electrons. The number of nitrogens with one attached hydrogen (secondary N) is 2. The second-order valence-electron chi connectivity index (χ2n) is 7.99. The Labute approximate surface area is 197 Å². The van der Waals surface area contributed by atoms with E-state index in [-0.39, 0.29) is 18.5 Å². The van der Waals surface area contributed by atoms with Gasteiger partial charge in [0.25, 0.3) is 5.91 Å². The van der Waals surface area contributed by atoms with Crippen LogP contribution in [-0.2, 0) is 16.1 Å². The lowest BCUT2D eigenvalue weighted by Crippen LogP contribution is -2.48. The van der Waals surface area contributed by atoms with Crippen molar-refractivity contribution in [2.75, 3.05) is 17.2 Å². The maximum atomic E-state index is 12.8. The van der Waals surface area contributed by atoms with Gasteiger partial charge in [0, 0.05) is 24.2 Å². The van der Waals surface area contributed by atoms with Crippen molar-refractivity contribution in [1.82, 2.24) is 14.9 Å². The highest BCUT2D eigenvalue weighted by Gasteiger charge is 2.47. The van der Waals surface area contributed by atoms with Gasteiger partial charge in [0.1, 0.15) is 18.2 Å². The number of carbonyl (C=O) groups excluding carboxylic acids is 3. The first kappa shape index (κ1) is 23.9. The number of anilines is 2. The van der Waals surface area contributed by atoms with Gasteiger partial charge in [-0.05, 0) is 42.7 Å². The molecule has 182 valence electrons. The molecule has 3 aromatic rings. The number of nitrogens with zero attached hydrogens (tertiary/aromatic N) is 3. The zero-order valence-electron chi connectivity index (χ0n) is 18.3. The molecule has 9 nitrogen and oxygen atoms in total. The number of amides is 3. The largest absolute Gasteiger partial charge is 0.471 e. The van der Waals surface area contributed by atoms with Crippen LogP contribution in [0.3, 0.4) is 0 Å². The Morgan fingerprint density at radius 1 is 1.11 bits per heavy atom. The van der Waals surface area contributed by atoms with Crippen molar-refractivity contribution in [3.8, 4) is 0 Å². The molecule has 0 saturated carbocycles. The van der Waals surface area contributed by atoms with E-state index in [1.54, 1.807) is 42.5 Å². The summed E-state index contributed by atoms with van der Waals surface area (Å²) in [7, 11) is 0. The number of alkyl halides is 3. The van der Waals surface area contributed by atoms with E-state index in [9.17, 15) is 27.6 Å². The van der Waals surface area contributed by atoms with E-state index < -0.39 is 29.9 Å². The molecule has 4 N–H and O–H groups in total. The van der Waals surface area contributed by atoms with E-state index in [1.807, 2.05) is 0 Å². The van der Waals surface area contributed by atoms with Crippen molar-refractivity contribution in [1.29, 1.82) is 0 Å². The van der Waals surface area contributed by atoms with Gasteiger partial charge in [0.15, 0.2) is 0 Å². The number of likely N-dealkylation sites (tertiary alicyclic amines) is 1. The first-order valence-electron chi connectivity index (χ1n) is 10.7. The predicted octanol–water partition coefficient (Wildman–Crippen LogP) is 2.83. The normalized spacial score (nSPS) is 15.7. The number of para-hydroxylation sites is 1. The fourth-order valence-electron chi connectivity index (χ4n) is 4.04. The molecular formula is C23H21F3N6O3. The second-order valence-corrected chi connectivity index (χ2v) is 7.99. The van der Waals surface area contributed by atoms with Crippen molar-refractivity contribution >= 4 is 40.1 Å². The van der Waals surface area contributed by atoms with E-state index in [4.69, 9.17) is 5.73 Å². The Kier molecular flexibility index (Phi) is 6.54. The SMILES string of the molecule is NC(=O)c1cccc2c(NCc3cccc(NC(=O)C4CCCN4C(=O)C(F)(F)F)c3)ncnc12. The molecule has 2 heterocycles. The highest BCUT2D eigenvalue weighted by atomic mass is 19.4. The summed E-state index contributed by atoms with van der Waals surface area (Å²) in [5, 5.41) is 6.35. The number of rotatable bonds is 6. The van der Waals surface area contributed by atoms with Crippen LogP contribution in [0.2, 0.25) is 0 Å². The zero-order valence-corrected chi connectivity index (χ0v) is 18.3. The van der Waals surface area contributed by atoms with Gasteiger partial charge in [-0.25, -0.2) is 9.97 Å². The minimum Gasteiger partial charge on any atom is -0.366 e. The fourth-order valence-corrected chi connectivity index (χ4v) is 4.04. The number of nitrogens with two attached hydrogens (primary N) is 1. The molecule has 1 saturated heterocycles. The highest BCUT2D eigenvalue weighted by molar-refractivity contribution is 6.06. The molecule has 1 aliphatic heterocycles. The standard InChI is InChI=1S/C23H21F3N6O3/c24-23(25,26)22(35)32-9-3-8-17(32)21(34)31-14-5-1-4-13(10-14)11-28-20-16-7-2-6-15(19(27)33)18(16)29-12-30-20/h1-2,4-7,10,12,17H,3,8-9,11H2,(H2,27,33)(H,31,34)(H,28,29,30). The van der Waals surface area contributed by atoms with Crippen LogP contribution in [0, 0.1) is 0 Å². The summed E-state index contributed by atoms with van der Waals surface area (Å²) >= 11 is 0. The number of aromatic nitrogens is 2. The van der Waals surface area contributed by atoms with Crippen LogP contribution in [0.5, 0.6) is 0 Å². The lowest BCUT2D eigenvalue weighted by atomic mass is 10.1. The lowest BCUT2D eigenvalue weighted by Gasteiger charge is -2.24. The molecule has 1 aliphatic rings. The van der Waals surface area contributed by atoms with Gasteiger partial charge in [-0.3, -0.25) is 14.4 Å². The van der Waals surface area contributed by atoms with Crippen LogP contribution in [0.15, 0.2) is 48.8 Å². The Balaban J connectivity index is 1.46. The molecule has 0 bridgehead atoms. The minimum atomic E-state index is -5.03. The summed E-state index contributed by atoms with van der Waals surface area (Å²) in [6.07, 6.45) is -3.25. The van der Waals surface area contributed by atoms with Crippen LogP contribution in [-0.4, -0.2) is 51.4 Å². The Bertz CT molecular complexity index is 1300. The summed E-state index contributed by atoms with van der Waals surface area (Å²) < 4.78 is 38.5. The van der Waals surface area contributed by atoms with Crippen LogP contribution < -0.4 is 16.4 Å². The number of benzene rings is 2. The molecular weight excluding hydrogens is 465 g/mol. The summed E-state index contributed by atoms with van der Waals surface area (Å²) in [4.78, 5) is 44.9. The Morgan fingerprint density at radius 3 is 2.63 bits per heavy atom. The van der Waals surface area contributed by atoms with Gasteiger partial charge < -0.3 is 21.3 Å². The zero-order chi connectivity index (χ0) is 25.2. The van der Waals surface area contributed by atoms with Crippen molar-refractivity contribution in [2.45, 2.75) is 31.6 Å². The maximum Gasteiger partial charge on any atom is 0.471 e. The Hall–Kier alpha value is -4.22. The number of hydrogen-bond acceptors (Lipinski definition) is 6. The molecule has 35 heavy (non-hydrogen) atoms. The first-order valence-corrected chi connectivity index (χ1v) is 10.7. The summed E-state index contributed by atoms with van der Waals surface area (Å²) in [6.45, 7) is 0.170. The van der Waals surface area contributed by atoms with Gasteiger partial charge in [-0.1, -0.05) is 18.2 Å². The number of halogens is 3. The smallest absolute Gasteiger partial charge is 0.366 e. The molecule has 0 spiro atoms. The molecule has 12 heteroatoms. The van der Waals surface area contributed by atoms with Gasteiger partial charge in [-0.2, -0.15) is 13.2 Å².